The number of ether oxygens (including phenoxy) is 3. The van der Waals surface area contributed by atoms with Crippen LogP contribution in [0.2, 0.25) is 0 Å². The lowest BCUT2D eigenvalue weighted by atomic mass is 9.93. The van der Waals surface area contributed by atoms with Crippen LogP contribution in [0.1, 0.15) is 336 Å². The number of rotatable bonds is 56. The number of carbonyl (C=O) groups excluding carboxylic acids is 5. The fraction of sp³-hybridized carbons (Fsp3) is 0.918. The number of unbranched alkanes of at least 4 members (excludes halogenated alkanes) is 43. The zero-order valence-corrected chi connectivity index (χ0v) is 46.3. The van der Waals surface area contributed by atoms with Crippen LogP contribution in [0.3, 0.4) is 0 Å². The Labute approximate surface area is 427 Å². The molecule has 69 heavy (non-hydrogen) atoms. The maximum Gasteiger partial charge on any atom is 0.374 e. The van der Waals surface area contributed by atoms with Crippen LogP contribution in [0, 0.1) is 5.41 Å². The first-order valence-electron chi connectivity index (χ1n) is 30.3. The van der Waals surface area contributed by atoms with Gasteiger partial charge in [0.15, 0.2) is 0 Å². The minimum Gasteiger partial charge on any atom is -0.465 e. The molecular formula is C61H114O8. The second-order valence-corrected chi connectivity index (χ2v) is 21.4. The largest absolute Gasteiger partial charge is 0.465 e. The molecule has 0 fully saturated rings. The molecule has 0 N–H and O–H groups in total. The molecule has 0 aliphatic rings. The molecule has 0 saturated heterocycles. The molecule has 0 aliphatic carbocycles. The molecule has 0 bridgehead atoms. The van der Waals surface area contributed by atoms with Crippen molar-refractivity contribution >= 4 is 29.5 Å². The summed E-state index contributed by atoms with van der Waals surface area (Å²) in [5.41, 5.74) is -1.55. The van der Waals surface area contributed by atoms with Crippen molar-refractivity contribution in [3.63, 3.8) is 0 Å². The molecule has 0 spiro atoms. The van der Waals surface area contributed by atoms with Crippen molar-refractivity contribution < 1.29 is 38.2 Å². The van der Waals surface area contributed by atoms with Gasteiger partial charge in [-0.1, -0.05) is 297 Å². The van der Waals surface area contributed by atoms with E-state index in [4.69, 9.17) is 14.2 Å². The van der Waals surface area contributed by atoms with Gasteiger partial charge in [0, 0.05) is 12.8 Å². The Bertz CT molecular complexity index is 1120. The molecule has 0 heterocycles. The molecule has 8 nitrogen and oxygen atoms in total. The lowest BCUT2D eigenvalue weighted by molar-refractivity contribution is -0.173. The average Bonchev–Trinajstić information content (AvgIpc) is 3.35. The lowest BCUT2D eigenvalue weighted by Crippen LogP contribution is -2.41. The summed E-state index contributed by atoms with van der Waals surface area (Å²) in [7, 11) is 0. The van der Waals surface area contributed by atoms with Gasteiger partial charge >= 0.3 is 17.9 Å². The summed E-state index contributed by atoms with van der Waals surface area (Å²) >= 11 is 0. The predicted molar refractivity (Wildman–Crippen MR) is 290 cm³/mol. The molecule has 0 radical (unpaired) electrons. The minimum absolute atomic E-state index is 0.0975. The summed E-state index contributed by atoms with van der Waals surface area (Å²) in [5, 5.41) is 0. The quantitative estimate of drug-likeness (QED) is 0.0256. The van der Waals surface area contributed by atoms with Crippen LogP contribution in [0.5, 0.6) is 0 Å². The minimum atomic E-state index is -1.55. The first-order chi connectivity index (χ1) is 33.7. The van der Waals surface area contributed by atoms with Crippen LogP contribution in [-0.2, 0) is 38.2 Å². The Morgan fingerprint density at radius 1 is 0.275 bits per heavy atom. The predicted octanol–water partition coefficient (Wildman–Crippen LogP) is 18.5. The van der Waals surface area contributed by atoms with E-state index in [0.29, 0.717) is 19.3 Å². The van der Waals surface area contributed by atoms with Crippen LogP contribution in [0.4, 0.5) is 0 Å². The van der Waals surface area contributed by atoms with E-state index >= 15 is 0 Å². The maximum absolute atomic E-state index is 13.5. The first-order valence-corrected chi connectivity index (χ1v) is 30.3. The van der Waals surface area contributed by atoms with Gasteiger partial charge in [-0.2, -0.15) is 0 Å². The second-order valence-electron chi connectivity index (χ2n) is 21.4. The highest BCUT2D eigenvalue weighted by Crippen LogP contribution is 2.23. The van der Waals surface area contributed by atoms with Gasteiger partial charge in [-0.25, -0.2) is 9.59 Å². The molecule has 0 atom stereocenters. The highest BCUT2D eigenvalue weighted by atomic mass is 16.6. The fourth-order valence-corrected chi connectivity index (χ4v) is 9.28. The normalized spacial score (nSPS) is 11.5. The lowest BCUT2D eigenvalue weighted by Gasteiger charge is -2.26. The molecule has 0 aliphatic heterocycles. The van der Waals surface area contributed by atoms with Crippen LogP contribution in [-0.4, -0.2) is 49.3 Å². The van der Waals surface area contributed by atoms with Gasteiger partial charge in [-0.05, 0) is 26.2 Å². The molecule has 0 aromatic carbocycles. The second kappa shape index (κ2) is 52.1. The number of ketones is 2. The van der Waals surface area contributed by atoms with Crippen molar-refractivity contribution in [3.05, 3.63) is 0 Å². The van der Waals surface area contributed by atoms with E-state index in [1.165, 1.54) is 225 Å². The Morgan fingerprint density at radius 2 is 0.478 bits per heavy atom. The summed E-state index contributed by atoms with van der Waals surface area (Å²) in [4.78, 5) is 64.5. The Kier molecular flexibility index (Phi) is 50.4. The van der Waals surface area contributed by atoms with Crippen LogP contribution in [0.25, 0.3) is 0 Å². The standard InChI is InChI=1S/C61H114O8/c1-5-8-11-14-17-20-23-26-29-32-35-38-41-44-47-50-53-67-60(66)61(4,54-68-58(64)56(62)51-48-45-42-39-36-33-30-27-24-21-18-15-12-9-6-2)55-69-59(65)57(63)52-49-46-43-40-37-34-31-28-25-22-19-16-13-10-7-3/h5-55H2,1-4H3. The van der Waals surface area contributed by atoms with Crippen LogP contribution < -0.4 is 0 Å². The van der Waals surface area contributed by atoms with E-state index in [1.807, 2.05) is 0 Å². The van der Waals surface area contributed by atoms with Crippen molar-refractivity contribution in [2.24, 2.45) is 5.41 Å². The summed E-state index contributed by atoms with van der Waals surface area (Å²) in [6, 6.07) is 0. The van der Waals surface area contributed by atoms with Gasteiger partial charge in [-0.15, -0.1) is 0 Å². The number of hydrogen-bond acceptors (Lipinski definition) is 8. The highest BCUT2D eigenvalue weighted by Gasteiger charge is 2.39. The third-order valence-electron chi connectivity index (χ3n) is 14.2. The molecule has 0 rings (SSSR count). The van der Waals surface area contributed by atoms with Crippen molar-refractivity contribution in [2.45, 2.75) is 336 Å². The first kappa shape index (κ1) is 66.8. The number of Topliss-reactive ketones (excluding diaryl/α,β-unsaturated/α-hetero) is 2. The molecular weight excluding hydrogens is 861 g/mol. The van der Waals surface area contributed by atoms with E-state index in [0.717, 1.165) is 57.8 Å². The summed E-state index contributed by atoms with van der Waals surface area (Å²) in [6.07, 6.45) is 56.6. The van der Waals surface area contributed by atoms with Crippen molar-refractivity contribution in [1.82, 2.24) is 0 Å². The maximum atomic E-state index is 13.5. The van der Waals surface area contributed by atoms with Gasteiger partial charge in [0.05, 0.1) is 6.61 Å². The number of esters is 3. The van der Waals surface area contributed by atoms with Crippen molar-refractivity contribution in [3.8, 4) is 0 Å². The van der Waals surface area contributed by atoms with E-state index in [1.54, 1.807) is 0 Å². The summed E-state index contributed by atoms with van der Waals surface area (Å²) in [5.74, 6) is -3.90. The van der Waals surface area contributed by atoms with Gasteiger partial charge in [0.1, 0.15) is 18.6 Å². The smallest absolute Gasteiger partial charge is 0.374 e. The van der Waals surface area contributed by atoms with Crippen molar-refractivity contribution in [2.75, 3.05) is 19.8 Å². The zero-order chi connectivity index (χ0) is 50.6. The van der Waals surface area contributed by atoms with E-state index in [2.05, 4.69) is 20.8 Å². The van der Waals surface area contributed by atoms with Gasteiger partial charge in [0.2, 0.25) is 11.6 Å². The molecule has 0 unspecified atom stereocenters. The molecule has 0 aromatic rings. The highest BCUT2D eigenvalue weighted by molar-refractivity contribution is 6.34. The Balaban J connectivity index is 4.63. The van der Waals surface area contributed by atoms with Crippen LogP contribution in [0.15, 0.2) is 0 Å². The molecule has 0 saturated carbocycles. The summed E-state index contributed by atoms with van der Waals surface area (Å²) in [6.45, 7) is 7.53. The van der Waals surface area contributed by atoms with Gasteiger partial charge in [0.25, 0.3) is 0 Å². The molecule has 0 aromatic heterocycles. The van der Waals surface area contributed by atoms with E-state index in [9.17, 15) is 24.0 Å². The molecule has 406 valence electrons. The topological polar surface area (TPSA) is 113 Å². The monoisotopic (exact) mass is 975 g/mol. The van der Waals surface area contributed by atoms with Crippen molar-refractivity contribution in [1.29, 1.82) is 0 Å². The number of hydrogen-bond donors (Lipinski definition) is 0. The number of carbonyl (C=O) groups is 5. The fourth-order valence-electron chi connectivity index (χ4n) is 9.28. The third-order valence-corrected chi connectivity index (χ3v) is 14.2. The zero-order valence-electron chi connectivity index (χ0n) is 46.3. The van der Waals surface area contributed by atoms with Gasteiger partial charge in [-0.3, -0.25) is 14.4 Å². The summed E-state index contributed by atoms with van der Waals surface area (Å²) < 4.78 is 16.4. The van der Waals surface area contributed by atoms with Gasteiger partial charge < -0.3 is 14.2 Å². The van der Waals surface area contributed by atoms with Crippen LogP contribution >= 0.6 is 0 Å². The van der Waals surface area contributed by atoms with E-state index in [-0.39, 0.29) is 19.4 Å². The molecule has 0 amide bonds. The van der Waals surface area contributed by atoms with E-state index < -0.39 is 48.1 Å². The Morgan fingerprint density at radius 3 is 0.710 bits per heavy atom. The average molecular weight is 976 g/mol. The Hall–Kier alpha value is -2.25. The molecule has 8 heteroatoms. The third kappa shape index (κ3) is 45.4. The SMILES string of the molecule is CCCCCCCCCCCCCCCCCCOC(=O)C(C)(COC(=O)C(=O)CCCCCCCCCCCCCCCCC)COC(=O)C(=O)CCCCCCCCCCCCCCCCC.